The summed E-state index contributed by atoms with van der Waals surface area (Å²) in [7, 11) is 1.77. The van der Waals surface area contributed by atoms with Crippen LogP contribution in [0.15, 0.2) is 11.5 Å². The predicted octanol–water partition coefficient (Wildman–Crippen LogP) is 0.221. The van der Waals surface area contributed by atoms with Crippen molar-refractivity contribution in [3.63, 3.8) is 0 Å². The zero-order chi connectivity index (χ0) is 12.0. The van der Waals surface area contributed by atoms with E-state index in [4.69, 9.17) is 4.74 Å². The van der Waals surface area contributed by atoms with Crippen LogP contribution in [-0.4, -0.2) is 44.3 Å². The number of esters is 1. The van der Waals surface area contributed by atoms with Gasteiger partial charge in [0.25, 0.3) is 0 Å². The van der Waals surface area contributed by atoms with Crippen LogP contribution in [0.3, 0.4) is 0 Å². The van der Waals surface area contributed by atoms with Gasteiger partial charge in [-0.3, -0.25) is 4.79 Å². The fourth-order valence-corrected chi connectivity index (χ4v) is 1.87. The number of rotatable bonds is 6. The molecular weight excluding hydrogens is 230 g/mol. The van der Waals surface area contributed by atoms with Gasteiger partial charge in [-0.2, -0.15) is 5.10 Å². The molecule has 0 aliphatic heterocycles. The Kier molecular flexibility index (Phi) is 5.27. The van der Waals surface area contributed by atoms with E-state index in [0.29, 0.717) is 17.5 Å². The molecule has 1 N–H and O–H groups in total. The van der Waals surface area contributed by atoms with Gasteiger partial charge in [-0.15, -0.1) is 0 Å². The minimum Gasteiger partial charge on any atom is -0.466 e. The molecule has 6 nitrogen and oxygen atoms in total. The van der Waals surface area contributed by atoms with E-state index >= 15 is 0 Å². The van der Waals surface area contributed by atoms with Gasteiger partial charge in [0.05, 0.1) is 19.1 Å². The Balaban J connectivity index is 2.27. The summed E-state index contributed by atoms with van der Waals surface area (Å²) >= 11 is 1.35. The summed E-state index contributed by atoms with van der Waals surface area (Å²) in [5.41, 5.74) is 0. The molecule has 1 aromatic rings. The highest BCUT2D eigenvalue weighted by atomic mass is 32.2. The molecule has 0 aromatic carbocycles. The molecule has 1 rings (SSSR count). The lowest BCUT2D eigenvalue weighted by Crippen LogP contribution is -2.18. The number of carbonyl (C=O) groups excluding carboxylic acids is 1. The molecule has 16 heavy (non-hydrogen) atoms. The highest BCUT2D eigenvalue weighted by molar-refractivity contribution is 7.99. The first-order valence-corrected chi connectivity index (χ1v) is 5.92. The molecule has 0 bridgehead atoms. The van der Waals surface area contributed by atoms with E-state index in [2.05, 4.69) is 10.1 Å². The molecule has 0 saturated heterocycles. The lowest BCUT2D eigenvalue weighted by molar-refractivity contribution is -0.144. The maximum absolute atomic E-state index is 11.1. The molecule has 1 atom stereocenters. The SMILES string of the molecule is CCOC(=O)CC(O)CSc1ncnn1C. The van der Waals surface area contributed by atoms with Gasteiger partial charge in [0.1, 0.15) is 6.33 Å². The molecule has 0 amide bonds. The zero-order valence-corrected chi connectivity index (χ0v) is 10.1. The Hall–Kier alpha value is -1.08. The second-order valence-electron chi connectivity index (χ2n) is 3.14. The van der Waals surface area contributed by atoms with E-state index < -0.39 is 6.10 Å². The van der Waals surface area contributed by atoms with Crippen molar-refractivity contribution >= 4 is 17.7 Å². The minimum atomic E-state index is -0.722. The topological polar surface area (TPSA) is 77.2 Å². The maximum Gasteiger partial charge on any atom is 0.308 e. The predicted molar refractivity (Wildman–Crippen MR) is 59.0 cm³/mol. The summed E-state index contributed by atoms with van der Waals surface area (Å²) in [4.78, 5) is 15.0. The maximum atomic E-state index is 11.1. The van der Waals surface area contributed by atoms with Crippen molar-refractivity contribution in [3.8, 4) is 0 Å². The van der Waals surface area contributed by atoms with Gasteiger partial charge in [0.15, 0.2) is 5.16 Å². The van der Waals surface area contributed by atoms with Gasteiger partial charge in [-0.05, 0) is 6.92 Å². The standard InChI is InChI=1S/C9H15N3O3S/c1-3-15-8(14)4-7(13)5-16-9-10-6-11-12(9)2/h6-7,13H,3-5H2,1-2H3. The third-order valence-corrected chi connectivity index (χ3v) is 2.96. The molecule has 7 heteroatoms. The molecule has 0 radical (unpaired) electrons. The summed E-state index contributed by atoms with van der Waals surface area (Å²) in [5.74, 6) is 0.0132. The van der Waals surface area contributed by atoms with Crippen molar-refractivity contribution < 1.29 is 14.6 Å². The van der Waals surface area contributed by atoms with Crippen LogP contribution < -0.4 is 0 Å². The fourth-order valence-electron chi connectivity index (χ4n) is 1.06. The monoisotopic (exact) mass is 245 g/mol. The van der Waals surface area contributed by atoms with Crippen LogP contribution in [-0.2, 0) is 16.6 Å². The van der Waals surface area contributed by atoms with Crippen molar-refractivity contribution in [3.05, 3.63) is 6.33 Å². The van der Waals surface area contributed by atoms with Crippen molar-refractivity contribution in [2.45, 2.75) is 24.6 Å². The highest BCUT2D eigenvalue weighted by Gasteiger charge is 2.13. The lowest BCUT2D eigenvalue weighted by atomic mass is 10.3. The van der Waals surface area contributed by atoms with Gasteiger partial charge in [0, 0.05) is 12.8 Å². The van der Waals surface area contributed by atoms with Crippen LogP contribution in [0, 0.1) is 0 Å². The Morgan fingerprint density at radius 2 is 2.50 bits per heavy atom. The van der Waals surface area contributed by atoms with E-state index in [9.17, 15) is 9.90 Å². The average molecular weight is 245 g/mol. The zero-order valence-electron chi connectivity index (χ0n) is 9.29. The first-order chi connectivity index (χ1) is 7.63. The van der Waals surface area contributed by atoms with E-state index in [-0.39, 0.29) is 12.4 Å². The Labute approximate surface area is 98.0 Å². The van der Waals surface area contributed by atoms with Gasteiger partial charge in [-0.25, -0.2) is 9.67 Å². The van der Waals surface area contributed by atoms with Crippen LogP contribution in [0.5, 0.6) is 0 Å². The molecule has 0 fully saturated rings. The van der Waals surface area contributed by atoms with E-state index in [1.54, 1.807) is 18.7 Å². The van der Waals surface area contributed by atoms with Crippen LogP contribution in [0.1, 0.15) is 13.3 Å². The Bertz CT molecular complexity index is 342. The number of aromatic nitrogens is 3. The summed E-state index contributed by atoms with van der Waals surface area (Å²) in [6.07, 6.45) is 0.736. The summed E-state index contributed by atoms with van der Waals surface area (Å²) < 4.78 is 6.34. The van der Waals surface area contributed by atoms with Crippen LogP contribution >= 0.6 is 11.8 Å². The van der Waals surface area contributed by atoms with Crippen molar-refractivity contribution in [2.24, 2.45) is 7.05 Å². The third-order valence-electron chi connectivity index (χ3n) is 1.78. The molecule has 0 aliphatic rings. The van der Waals surface area contributed by atoms with Crippen molar-refractivity contribution in [1.82, 2.24) is 14.8 Å². The number of ether oxygens (including phenoxy) is 1. The second kappa shape index (κ2) is 6.49. The molecule has 90 valence electrons. The summed E-state index contributed by atoms with van der Waals surface area (Å²) in [5, 5.41) is 14.2. The summed E-state index contributed by atoms with van der Waals surface area (Å²) in [6, 6.07) is 0. The number of hydrogen-bond donors (Lipinski definition) is 1. The fraction of sp³-hybridized carbons (Fsp3) is 0.667. The second-order valence-corrected chi connectivity index (χ2v) is 4.13. The van der Waals surface area contributed by atoms with Gasteiger partial charge >= 0.3 is 5.97 Å². The largest absolute Gasteiger partial charge is 0.466 e. The number of aryl methyl sites for hydroxylation is 1. The van der Waals surface area contributed by atoms with E-state index in [1.165, 1.54) is 18.1 Å². The average Bonchev–Trinajstić information content (AvgIpc) is 2.61. The molecule has 0 spiro atoms. The van der Waals surface area contributed by atoms with Gasteiger partial charge < -0.3 is 9.84 Å². The Morgan fingerprint density at radius 3 is 3.06 bits per heavy atom. The van der Waals surface area contributed by atoms with Crippen LogP contribution in [0.25, 0.3) is 0 Å². The molecule has 0 saturated carbocycles. The van der Waals surface area contributed by atoms with Crippen LogP contribution in [0.2, 0.25) is 0 Å². The first-order valence-electron chi connectivity index (χ1n) is 4.94. The van der Waals surface area contributed by atoms with Gasteiger partial charge in [-0.1, -0.05) is 11.8 Å². The normalized spacial score (nSPS) is 12.4. The number of carbonyl (C=O) groups is 1. The van der Waals surface area contributed by atoms with E-state index in [1.807, 2.05) is 0 Å². The van der Waals surface area contributed by atoms with Crippen molar-refractivity contribution in [1.29, 1.82) is 0 Å². The molecule has 1 unspecified atom stereocenters. The first kappa shape index (κ1) is 13.0. The lowest BCUT2D eigenvalue weighted by Gasteiger charge is -2.08. The molecule has 0 aliphatic carbocycles. The quantitative estimate of drug-likeness (QED) is 0.570. The minimum absolute atomic E-state index is 0.0126. The van der Waals surface area contributed by atoms with E-state index in [0.717, 1.165) is 0 Å². The smallest absolute Gasteiger partial charge is 0.308 e. The number of aliphatic hydroxyl groups excluding tert-OH is 1. The third kappa shape index (κ3) is 4.19. The Morgan fingerprint density at radius 1 is 1.75 bits per heavy atom. The number of aliphatic hydroxyl groups is 1. The highest BCUT2D eigenvalue weighted by Crippen LogP contribution is 2.15. The van der Waals surface area contributed by atoms with Crippen molar-refractivity contribution in [2.75, 3.05) is 12.4 Å². The molecule has 1 aromatic heterocycles. The van der Waals surface area contributed by atoms with Gasteiger partial charge in [0.2, 0.25) is 0 Å². The van der Waals surface area contributed by atoms with Crippen LogP contribution in [0.4, 0.5) is 0 Å². The molecule has 1 heterocycles. The summed E-state index contributed by atoms with van der Waals surface area (Å²) in [6.45, 7) is 2.07. The molecular formula is C9H15N3O3S. The number of nitrogens with zero attached hydrogens (tertiary/aromatic N) is 3. The number of hydrogen-bond acceptors (Lipinski definition) is 6. The number of thioether (sulfide) groups is 1.